The lowest BCUT2D eigenvalue weighted by atomic mass is 10.2. The molecular weight excluding hydrogens is 290 g/mol. The molecule has 0 saturated carbocycles. The summed E-state index contributed by atoms with van der Waals surface area (Å²) < 4.78 is 11.9. The van der Waals surface area contributed by atoms with E-state index in [1.165, 1.54) is 23.9 Å². The van der Waals surface area contributed by atoms with Crippen LogP contribution in [0.4, 0.5) is 0 Å². The normalized spacial score (nSPS) is 10.1. The Balaban J connectivity index is 2.05. The first kappa shape index (κ1) is 15.0. The van der Waals surface area contributed by atoms with Gasteiger partial charge in [0.25, 0.3) is 5.56 Å². The second kappa shape index (κ2) is 6.85. The highest BCUT2D eigenvalue weighted by Crippen LogP contribution is 2.17. The molecule has 1 heterocycles. The molecule has 2 rings (SSSR count). The molecule has 2 N–H and O–H groups in total. The van der Waals surface area contributed by atoms with Gasteiger partial charge >= 0.3 is 0 Å². The fraction of sp³-hybridized carbons (Fsp3) is 0.214. The van der Waals surface area contributed by atoms with Crippen molar-refractivity contribution < 1.29 is 9.47 Å². The monoisotopic (exact) mass is 305 g/mol. The zero-order valence-corrected chi connectivity index (χ0v) is 12.3. The van der Waals surface area contributed by atoms with Gasteiger partial charge in [-0.3, -0.25) is 4.79 Å². The molecule has 0 atom stereocenters. The molecule has 6 nitrogen and oxygen atoms in total. The topological polar surface area (TPSA) is 79.4 Å². The molecular formula is C14H15N3O3S. The number of methoxy groups -OCH3 is 1. The maximum absolute atomic E-state index is 11.7. The predicted octanol–water partition coefficient (Wildman–Crippen LogP) is 0.965. The van der Waals surface area contributed by atoms with Gasteiger partial charge in [-0.05, 0) is 12.1 Å². The Bertz CT molecular complexity index is 700. The minimum atomic E-state index is -0.220. The van der Waals surface area contributed by atoms with Crippen molar-refractivity contribution in [2.24, 2.45) is 5.73 Å². The maximum Gasteiger partial charge on any atom is 0.267 e. The third kappa shape index (κ3) is 3.79. The molecule has 0 aliphatic heterocycles. The number of rotatable bonds is 6. The summed E-state index contributed by atoms with van der Waals surface area (Å²) in [5, 5.41) is 4.03. The average molecular weight is 305 g/mol. The zero-order valence-electron chi connectivity index (χ0n) is 11.5. The Morgan fingerprint density at radius 3 is 2.81 bits per heavy atom. The number of para-hydroxylation sites is 1. The molecule has 0 fully saturated rings. The number of hydrogen-bond donors (Lipinski definition) is 1. The van der Waals surface area contributed by atoms with Gasteiger partial charge in [0.2, 0.25) is 5.88 Å². The van der Waals surface area contributed by atoms with E-state index in [9.17, 15) is 4.79 Å². The lowest BCUT2D eigenvalue weighted by Crippen LogP contribution is -2.25. The standard InChI is InChI=1S/C14H15N3O3S/c1-19-12-6-7-13(18)17(16-12)8-9-20-11-5-3-2-4-10(11)14(15)21/h2-7H,8-9H2,1H3,(H2,15,21). The van der Waals surface area contributed by atoms with Crippen molar-refractivity contribution in [3.05, 3.63) is 52.3 Å². The van der Waals surface area contributed by atoms with Crippen LogP contribution in [0.15, 0.2) is 41.2 Å². The van der Waals surface area contributed by atoms with Gasteiger partial charge in [-0.1, -0.05) is 24.4 Å². The van der Waals surface area contributed by atoms with E-state index in [1.54, 1.807) is 12.1 Å². The molecule has 1 aromatic heterocycles. The van der Waals surface area contributed by atoms with Gasteiger partial charge in [0.1, 0.15) is 17.3 Å². The molecule has 7 heteroatoms. The molecule has 21 heavy (non-hydrogen) atoms. The second-order valence-corrected chi connectivity index (χ2v) is 4.59. The number of benzene rings is 1. The number of hydrogen-bond acceptors (Lipinski definition) is 5. The van der Waals surface area contributed by atoms with E-state index < -0.39 is 0 Å². The molecule has 0 aliphatic rings. The molecule has 110 valence electrons. The van der Waals surface area contributed by atoms with Crippen LogP contribution >= 0.6 is 12.2 Å². The Morgan fingerprint density at radius 1 is 1.33 bits per heavy atom. The van der Waals surface area contributed by atoms with Gasteiger partial charge < -0.3 is 15.2 Å². The molecule has 1 aromatic carbocycles. The summed E-state index contributed by atoms with van der Waals surface area (Å²) in [6.45, 7) is 0.557. The summed E-state index contributed by atoms with van der Waals surface area (Å²) in [6.07, 6.45) is 0. The van der Waals surface area contributed by atoms with E-state index in [0.717, 1.165) is 0 Å². The summed E-state index contributed by atoms with van der Waals surface area (Å²) in [4.78, 5) is 11.9. The van der Waals surface area contributed by atoms with Crippen LogP contribution in [-0.4, -0.2) is 28.5 Å². The highest BCUT2D eigenvalue weighted by atomic mass is 32.1. The van der Waals surface area contributed by atoms with E-state index in [-0.39, 0.29) is 17.2 Å². The SMILES string of the molecule is COc1ccc(=O)n(CCOc2ccccc2C(N)=S)n1. The third-order valence-corrected chi connectivity index (χ3v) is 2.98. The number of thiocarbonyl (C=S) groups is 1. The molecule has 0 saturated heterocycles. The van der Waals surface area contributed by atoms with Crippen molar-refractivity contribution in [2.75, 3.05) is 13.7 Å². The maximum atomic E-state index is 11.7. The zero-order chi connectivity index (χ0) is 15.2. The van der Waals surface area contributed by atoms with Crippen LogP contribution in [0.5, 0.6) is 11.6 Å². The molecule has 2 aromatic rings. The highest BCUT2D eigenvalue weighted by molar-refractivity contribution is 7.80. The number of nitrogens with two attached hydrogens (primary N) is 1. The summed E-state index contributed by atoms with van der Waals surface area (Å²) in [5.41, 5.74) is 6.07. The third-order valence-electron chi connectivity index (χ3n) is 2.76. The highest BCUT2D eigenvalue weighted by Gasteiger charge is 2.06. The van der Waals surface area contributed by atoms with Crippen molar-refractivity contribution in [3.63, 3.8) is 0 Å². The van der Waals surface area contributed by atoms with E-state index in [4.69, 9.17) is 27.4 Å². The van der Waals surface area contributed by atoms with Crippen LogP contribution in [0.2, 0.25) is 0 Å². The van der Waals surface area contributed by atoms with Crippen LogP contribution < -0.4 is 20.8 Å². The van der Waals surface area contributed by atoms with Gasteiger partial charge in [0.15, 0.2) is 0 Å². The Kier molecular flexibility index (Phi) is 4.89. The number of aromatic nitrogens is 2. The van der Waals surface area contributed by atoms with Crippen molar-refractivity contribution in [1.29, 1.82) is 0 Å². The van der Waals surface area contributed by atoms with Crippen molar-refractivity contribution in [3.8, 4) is 11.6 Å². The van der Waals surface area contributed by atoms with E-state index >= 15 is 0 Å². The summed E-state index contributed by atoms with van der Waals surface area (Å²) in [5.74, 6) is 0.957. The second-order valence-electron chi connectivity index (χ2n) is 4.15. The van der Waals surface area contributed by atoms with E-state index in [2.05, 4.69) is 5.10 Å². The van der Waals surface area contributed by atoms with Crippen LogP contribution in [0.1, 0.15) is 5.56 Å². The van der Waals surface area contributed by atoms with Gasteiger partial charge in [-0.2, -0.15) is 0 Å². The van der Waals surface area contributed by atoms with Crippen LogP contribution in [0, 0.1) is 0 Å². The van der Waals surface area contributed by atoms with Crippen molar-refractivity contribution in [1.82, 2.24) is 9.78 Å². The smallest absolute Gasteiger partial charge is 0.267 e. The van der Waals surface area contributed by atoms with Gasteiger partial charge in [-0.25, -0.2) is 4.68 Å². The number of ether oxygens (including phenoxy) is 2. The van der Waals surface area contributed by atoms with Gasteiger partial charge in [-0.15, -0.1) is 5.10 Å². The first-order valence-electron chi connectivity index (χ1n) is 6.25. The van der Waals surface area contributed by atoms with Gasteiger partial charge in [0, 0.05) is 12.1 Å². The van der Waals surface area contributed by atoms with Gasteiger partial charge in [0.05, 0.1) is 19.2 Å². The van der Waals surface area contributed by atoms with E-state index in [0.29, 0.717) is 23.7 Å². The molecule has 0 spiro atoms. The lowest BCUT2D eigenvalue weighted by molar-refractivity contribution is 0.282. The minimum Gasteiger partial charge on any atom is -0.491 e. The summed E-state index contributed by atoms with van der Waals surface area (Å²) in [7, 11) is 1.49. The average Bonchev–Trinajstić information content (AvgIpc) is 2.49. The largest absolute Gasteiger partial charge is 0.491 e. The summed E-state index contributed by atoms with van der Waals surface area (Å²) in [6, 6.07) is 10.1. The minimum absolute atomic E-state index is 0.220. The fourth-order valence-corrected chi connectivity index (χ4v) is 1.91. The summed E-state index contributed by atoms with van der Waals surface area (Å²) >= 11 is 4.96. The van der Waals surface area contributed by atoms with Crippen molar-refractivity contribution >= 4 is 17.2 Å². The Hall–Kier alpha value is -2.41. The van der Waals surface area contributed by atoms with Crippen LogP contribution in [-0.2, 0) is 6.54 Å². The number of nitrogens with zero attached hydrogens (tertiary/aromatic N) is 2. The lowest BCUT2D eigenvalue weighted by Gasteiger charge is -2.11. The molecule has 0 radical (unpaired) electrons. The Morgan fingerprint density at radius 2 is 2.10 bits per heavy atom. The molecule has 0 bridgehead atoms. The van der Waals surface area contributed by atoms with Crippen LogP contribution in [0.25, 0.3) is 0 Å². The Labute approximate surface area is 127 Å². The van der Waals surface area contributed by atoms with Crippen molar-refractivity contribution in [2.45, 2.75) is 6.54 Å². The predicted molar refractivity (Wildman–Crippen MR) is 82.9 cm³/mol. The quantitative estimate of drug-likeness (QED) is 0.801. The molecule has 0 amide bonds. The van der Waals surface area contributed by atoms with Crippen LogP contribution in [0.3, 0.4) is 0 Å². The fourth-order valence-electron chi connectivity index (χ4n) is 1.74. The first-order valence-corrected chi connectivity index (χ1v) is 6.66. The molecule has 0 unspecified atom stereocenters. The van der Waals surface area contributed by atoms with E-state index in [1.807, 2.05) is 12.1 Å². The first-order chi connectivity index (χ1) is 10.1. The molecule has 0 aliphatic carbocycles.